The van der Waals surface area contributed by atoms with Crippen LogP contribution in [0, 0.1) is 5.21 Å². The lowest BCUT2D eigenvalue weighted by atomic mass is 10.1. The molecule has 0 radical (unpaired) electrons. The van der Waals surface area contributed by atoms with E-state index in [1.807, 2.05) is 53.8 Å². The van der Waals surface area contributed by atoms with Crippen molar-refractivity contribution in [2.24, 2.45) is 0 Å². The minimum absolute atomic E-state index is 0.0358. The average molecular weight is 213 g/mol. The van der Waals surface area contributed by atoms with Gasteiger partial charge in [-0.2, -0.15) is 0 Å². The van der Waals surface area contributed by atoms with E-state index in [0.717, 1.165) is 17.1 Å². The molecule has 0 aliphatic carbocycles. The molecule has 4 heteroatoms. The molecule has 1 aromatic carbocycles. The van der Waals surface area contributed by atoms with Crippen molar-refractivity contribution in [3.05, 3.63) is 71.7 Å². The Balaban J connectivity index is 2.00. The van der Waals surface area contributed by atoms with Gasteiger partial charge < -0.3 is 15.6 Å². The van der Waals surface area contributed by atoms with Gasteiger partial charge in [-0.3, -0.25) is 4.90 Å². The Kier molecular flexibility index (Phi) is 2.02. The van der Waals surface area contributed by atoms with Crippen LogP contribution in [0.5, 0.6) is 0 Å². The van der Waals surface area contributed by atoms with E-state index in [2.05, 4.69) is 5.32 Å². The molecule has 1 unspecified atom stereocenters. The van der Waals surface area contributed by atoms with Crippen LogP contribution in [-0.2, 0) is 0 Å². The first-order valence-electron chi connectivity index (χ1n) is 5.09. The van der Waals surface area contributed by atoms with Crippen LogP contribution < -0.4 is 10.4 Å². The molecule has 3 rings (SSSR count). The van der Waals surface area contributed by atoms with Gasteiger partial charge >= 0.3 is 0 Å². The van der Waals surface area contributed by atoms with Crippen LogP contribution in [0.25, 0.3) is 5.70 Å². The van der Waals surface area contributed by atoms with Gasteiger partial charge in [-0.25, -0.2) is 0 Å². The summed E-state index contributed by atoms with van der Waals surface area (Å²) < 4.78 is 0. The molecule has 2 N–H and O–H groups in total. The molecule has 80 valence electrons. The maximum atomic E-state index is 11.9. The number of fused-ring (bicyclic) bond motifs is 1. The van der Waals surface area contributed by atoms with Gasteiger partial charge in [0.1, 0.15) is 6.20 Å². The molecule has 4 nitrogen and oxygen atoms in total. The van der Waals surface area contributed by atoms with E-state index in [9.17, 15) is 5.21 Å². The minimum Gasteiger partial charge on any atom is -0.624 e. The standard InChI is InChI=1S/C12H11N3O/c16-15-9-12-13-6-7-14(12)8-11(15)10-4-2-1-3-5-10/h1-9,13,15H. The summed E-state index contributed by atoms with van der Waals surface area (Å²) in [5.41, 5.74) is 1.67. The fourth-order valence-corrected chi connectivity index (χ4v) is 1.83. The predicted octanol–water partition coefficient (Wildman–Crippen LogP) is 0.557. The largest absolute Gasteiger partial charge is 0.624 e. The molecule has 1 atom stereocenters. The summed E-state index contributed by atoms with van der Waals surface area (Å²) in [6.45, 7) is 0. The lowest BCUT2D eigenvalue weighted by Gasteiger charge is -2.28. The summed E-state index contributed by atoms with van der Waals surface area (Å²) >= 11 is 0. The molecule has 0 amide bonds. The first kappa shape index (κ1) is 9.21. The van der Waals surface area contributed by atoms with Crippen molar-refractivity contribution < 1.29 is 5.06 Å². The van der Waals surface area contributed by atoms with Crippen LogP contribution in [0.3, 0.4) is 0 Å². The lowest BCUT2D eigenvalue weighted by Crippen LogP contribution is -3.00. The summed E-state index contributed by atoms with van der Waals surface area (Å²) in [5, 5.41) is 14.9. The van der Waals surface area contributed by atoms with Crippen LogP contribution in [0.1, 0.15) is 5.56 Å². The Bertz CT molecular complexity index is 490. The quantitative estimate of drug-likeness (QED) is 0.670. The van der Waals surface area contributed by atoms with E-state index in [4.69, 9.17) is 0 Å². The highest BCUT2D eigenvalue weighted by molar-refractivity contribution is 5.59. The van der Waals surface area contributed by atoms with Crippen molar-refractivity contribution in [2.45, 2.75) is 0 Å². The molecule has 0 fully saturated rings. The van der Waals surface area contributed by atoms with Crippen molar-refractivity contribution in [2.75, 3.05) is 0 Å². The van der Waals surface area contributed by atoms with Crippen LogP contribution in [0.2, 0.25) is 0 Å². The molecule has 2 aliphatic rings. The predicted molar refractivity (Wildman–Crippen MR) is 60.9 cm³/mol. The van der Waals surface area contributed by atoms with Crippen molar-refractivity contribution in [3.8, 4) is 0 Å². The smallest absolute Gasteiger partial charge is 0.169 e. The third-order valence-corrected chi connectivity index (χ3v) is 2.63. The summed E-state index contributed by atoms with van der Waals surface area (Å²) in [4.78, 5) is 1.91. The van der Waals surface area contributed by atoms with E-state index in [-0.39, 0.29) is 5.06 Å². The summed E-state index contributed by atoms with van der Waals surface area (Å²) in [5.74, 6) is 0.810. The zero-order chi connectivity index (χ0) is 11.0. The van der Waals surface area contributed by atoms with Crippen molar-refractivity contribution in [3.63, 3.8) is 0 Å². The summed E-state index contributed by atoms with van der Waals surface area (Å²) in [7, 11) is 0. The summed E-state index contributed by atoms with van der Waals surface area (Å²) in [6, 6.07) is 9.68. The number of hydroxylamine groups is 2. The van der Waals surface area contributed by atoms with E-state index < -0.39 is 0 Å². The lowest BCUT2D eigenvalue weighted by molar-refractivity contribution is -0.709. The number of nitrogens with zero attached hydrogens (tertiary/aromatic N) is 1. The summed E-state index contributed by atoms with van der Waals surface area (Å²) in [6.07, 6.45) is 7.16. The topological polar surface area (TPSA) is 42.8 Å². The Morgan fingerprint density at radius 2 is 2.00 bits per heavy atom. The molecule has 16 heavy (non-hydrogen) atoms. The molecule has 0 saturated carbocycles. The first-order valence-corrected chi connectivity index (χ1v) is 5.09. The monoisotopic (exact) mass is 213 g/mol. The fraction of sp³-hybridized carbons (Fsp3) is 0. The number of benzene rings is 1. The fourth-order valence-electron chi connectivity index (χ4n) is 1.83. The Morgan fingerprint density at radius 1 is 1.19 bits per heavy atom. The zero-order valence-corrected chi connectivity index (χ0v) is 8.55. The van der Waals surface area contributed by atoms with Gasteiger partial charge in [-0.15, -0.1) is 0 Å². The molecule has 2 aliphatic heterocycles. The Labute approximate surface area is 93.4 Å². The van der Waals surface area contributed by atoms with E-state index >= 15 is 0 Å². The zero-order valence-electron chi connectivity index (χ0n) is 8.55. The molecule has 0 saturated heterocycles. The highest BCUT2D eigenvalue weighted by Crippen LogP contribution is 2.17. The van der Waals surface area contributed by atoms with Gasteiger partial charge in [0.2, 0.25) is 0 Å². The van der Waals surface area contributed by atoms with Gasteiger partial charge in [0.25, 0.3) is 0 Å². The van der Waals surface area contributed by atoms with Gasteiger partial charge in [0.05, 0.1) is 6.20 Å². The Hall–Kier alpha value is -2.04. The van der Waals surface area contributed by atoms with Gasteiger partial charge in [0, 0.05) is 18.0 Å². The second-order valence-electron chi connectivity index (χ2n) is 3.67. The number of quaternary nitrogens is 1. The second-order valence-corrected chi connectivity index (χ2v) is 3.67. The molecular weight excluding hydrogens is 202 g/mol. The Morgan fingerprint density at radius 3 is 2.81 bits per heavy atom. The van der Waals surface area contributed by atoms with Crippen LogP contribution >= 0.6 is 0 Å². The van der Waals surface area contributed by atoms with Crippen molar-refractivity contribution in [1.29, 1.82) is 0 Å². The maximum Gasteiger partial charge on any atom is 0.169 e. The van der Waals surface area contributed by atoms with Gasteiger partial charge in [-0.1, -0.05) is 18.2 Å². The number of rotatable bonds is 1. The molecule has 2 heterocycles. The van der Waals surface area contributed by atoms with Crippen LogP contribution in [0.15, 0.2) is 61.0 Å². The van der Waals surface area contributed by atoms with Gasteiger partial charge in [-0.05, 0) is 12.1 Å². The van der Waals surface area contributed by atoms with E-state index in [0.29, 0.717) is 0 Å². The molecule has 0 aromatic heterocycles. The number of hydrogen-bond donors (Lipinski definition) is 2. The van der Waals surface area contributed by atoms with E-state index in [1.54, 1.807) is 6.20 Å². The molecule has 0 spiro atoms. The third kappa shape index (κ3) is 1.41. The van der Waals surface area contributed by atoms with Crippen molar-refractivity contribution in [1.82, 2.24) is 10.2 Å². The second kappa shape index (κ2) is 3.52. The highest BCUT2D eigenvalue weighted by Gasteiger charge is 2.21. The van der Waals surface area contributed by atoms with Crippen LogP contribution in [0.4, 0.5) is 0 Å². The SMILES string of the molecule is [O-][NH+]1C=C2NC=CN2C=C1c1ccccc1. The molecule has 1 aromatic rings. The minimum atomic E-state index is 0.0358. The maximum absolute atomic E-state index is 11.9. The highest BCUT2D eigenvalue weighted by atomic mass is 16.5. The van der Waals surface area contributed by atoms with E-state index in [1.165, 1.54) is 0 Å². The number of nitrogens with one attached hydrogen (secondary N) is 2. The van der Waals surface area contributed by atoms with Crippen LogP contribution in [-0.4, -0.2) is 4.90 Å². The average Bonchev–Trinajstić information content (AvgIpc) is 2.76. The molecule has 0 bridgehead atoms. The third-order valence-electron chi connectivity index (χ3n) is 2.63. The first-order chi connectivity index (χ1) is 7.84. The molecular formula is C12H11N3O. The number of hydrogen-bond acceptors (Lipinski definition) is 3. The van der Waals surface area contributed by atoms with Crippen molar-refractivity contribution >= 4 is 5.70 Å². The van der Waals surface area contributed by atoms with Gasteiger partial charge in [0.15, 0.2) is 11.5 Å². The normalized spacial score (nSPS) is 22.3.